The van der Waals surface area contributed by atoms with Crippen molar-refractivity contribution in [3.8, 4) is 0 Å². The van der Waals surface area contributed by atoms with Gasteiger partial charge in [0.15, 0.2) is 0 Å². The molecule has 12 heavy (non-hydrogen) atoms. The Morgan fingerprint density at radius 2 is 1.58 bits per heavy atom. The zero-order valence-corrected chi connectivity index (χ0v) is 8.31. The minimum absolute atomic E-state index is 1.36. The first kappa shape index (κ1) is 9.05. The molecule has 0 aliphatic carbocycles. The van der Waals surface area contributed by atoms with Crippen LogP contribution in [0.4, 0.5) is 0 Å². The molecular weight excluding hydrogens is 144 g/mol. The van der Waals surface area contributed by atoms with Crippen molar-refractivity contribution in [3.63, 3.8) is 0 Å². The lowest BCUT2D eigenvalue weighted by molar-refractivity contribution is 1.33. The van der Waals surface area contributed by atoms with Crippen LogP contribution in [0.1, 0.15) is 31.9 Å². The van der Waals surface area contributed by atoms with Crippen molar-refractivity contribution in [1.29, 1.82) is 0 Å². The van der Waals surface area contributed by atoms with Gasteiger partial charge in [-0.05, 0) is 44.4 Å². The van der Waals surface area contributed by atoms with E-state index in [1.165, 1.54) is 22.3 Å². The molecule has 0 heterocycles. The van der Waals surface area contributed by atoms with E-state index in [0.717, 1.165) is 0 Å². The Kier molecular flexibility index (Phi) is 2.69. The molecule has 1 aromatic rings. The van der Waals surface area contributed by atoms with Crippen LogP contribution in [0.5, 0.6) is 0 Å². The fourth-order valence-corrected chi connectivity index (χ4v) is 1.26. The zero-order valence-electron chi connectivity index (χ0n) is 8.31. The molecule has 0 saturated carbocycles. The molecular formula is C12H16. The van der Waals surface area contributed by atoms with E-state index in [9.17, 15) is 0 Å². The Labute approximate surface area is 74.9 Å². The number of aryl methyl sites for hydroxylation is 1. The van der Waals surface area contributed by atoms with Crippen LogP contribution in [-0.4, -0.2) is 0 Å². The standard InChI is InChI=1S/C12H16/c1-9(2)11(4)12-8-6-5-7-10(12)3/h5-8H,1-4H3. The molecule has 0 atom stereocenters. The number of hydrogen-bond donors (Lipinski definition) is 0. The Morgan fingerprint density at radius 1 is 1.00 bits per heavy atom. The predicted molar refractivity (Wildman–Crippen MR) is 55.1 cm³/mol. The van der Waals surface area contributed by atoms with Gasteiger partial charge in [0.05, 0.1) is 0 Å². The van der Waals surface area contributed by atoms with Gasteiger partial charge in [-0.3, -0.25) is 0 Å². The van der Waals surface area contributed by atoms with Crippen LogP contribution in [0.3, 0.4) is 0 Å². The van der Waals surface area contributed by atoms with Crippen LogP contribution >= 0.6 is 0 Å². The second-order valence-corrected chi connectivity index (χ2v) is 3.44. The average Bonchev–Trinajstić information content (AvgIpc) is 2.04. The lowest BCUT2D eigenvalue weighted by Crippen LogP contribution is -1.86. The summed E-state index contributed by atoms with van der Waals surface area (Å²) in [4.78, 5) is 0. The minimum Gasteiger partial charge on any atom is -0.0729 e. The van der Waals surface area contributed by atoms with Crippen molar-refractivity contribution in [2.75, 3.05) is 0 Å². The molecule has 0 nitrogen and oxygen atoms in total. The van der Waals surface area contributed by atoms with E-state index in [1.807, 2.05) is 0 Å². The lowest BCUT2D eigenvalue weighted by Gasteiger charge is -2.07. The van der Waals surface area contributed by atoms with Crippen LogP contribution in [0.25, 0.3) is 5.57 Å². The third-order valence-corrected chi connectivity index (χ3v) is 2.30. The van der Waals surface area contributed by atoms with Crippen molar-refractivity contribution in [2.45, 2.75) is 27.7 Å². The average molecular weight is 160 g/mol. The summed E-state index contributed by atoms with van der Waals surface area (Å²) in [6, 6.07) is 8.51. The molecule has 0 spiro atoms. The maximum absolute atomic E-state index is 2.18. The summed E-state index contributed by atoms with van der Waals surface area (Å²) >= 11 is 0. The van der Waals surface area contributed by atoms with Gasteiger partial charge in [-0.2, -0.15) is 0 Å². The summed E-state index contributed by atoms with van der Waals surface area (Å²) in [5, 5.41) is 0. The Morgan fingerprint density at radius 3 is 2.08 bits per heavy atom. The van der Waals surface area contributed by atoms with Gasteiger partial charge >= 0.3 is 0 Å². The van der Waals surface area contributed by atoms with E-state index in [4.69, 9.17) is 0 Å². The van der Waals surface area contributed by atoms with Gasteiger partial charge in [0.25, 0.3) is 0 Å². The van der Waals surface area contributed by atoms with Gasteiger partial charge < -0.3 is 0 Å². The summed E-state index contributed by atoms with van der Waals surface area (Å²) in [6.07, 6.45) is 0. The number of benzene rings is 1. The van der Waals surface area contributed by atoms with Crippen molar-refractivity contribution in [1.82, 2.24) is 0 Å². The first-order chi connectivity index (χ1) is 5.63. The van der Waals surface area contributed by atoms with Crippen molar-refractivity contribution in [3.05, 3.63) is 41.0 Å². The molecule has 0 saturated heterocycles. The predicted octanol–water partition coefficient (Wildman–Crippen LogP) is 3.81. The van der Waals surface area contributed by atoms with E-state index in [2.05, 4.69) is 52.0 Å². The molecule has 0 heteroatoms. The Balaban J connectivity index is 3.21. The second-order valence-electron chi connectivity index (χ2n) is 3.44. The molecule has 0 bridgehead atoms. The maximum Gasteiger partial charge on any atom is -0.0199 e. The second kappa shape index (κ2) is 3.57. The number of rotatable bonds is 1. The fourth-order valence-electron chi connectivity index (χ4n) is 1.26. The lowest BCUT2D eigenvalue weighted by atomic mass is 9.99. The summed E-state index contributed by atoms with van der Waals surface area (Å²) < 4.78 is 0. The highest BCUT2D eigenvalue weighted by Crippen LogP contribution is 2.20. The minimum atomic E-state index is 1.36. The molecule has 0 amide bonds. The SMILES string of the molecule is CC(C)=C(C)c1ccccc1C. The fraction of sp³-hybridized carbons (Fsp3) is 0.333. The highest BCUT2D eigenvalue weighted by atomic mass is 14.0. The highest BCUT2D eigenvalue weighted by molar-refractivity contribution is 5.68. The topological polar surface area (TPSA) is 0 Å². The van der Waals surface area contributed by atoms with Gasteiger partial charge in [0, 0.05) is 0 Å². The van der Waals surface area contributed by atoms with E-state index in [1.54, 1.807) is 0 Å². The van der Waals surface area contributed by atoms with Crippen LogP contribution < -0.4 is 0 Å². The molecule has 0 aromatic heterocycles. The van der Waals surface area contributed by atoms with E-state index in [-0.39, 0.29) is 0 Å². The summed E-state index contributed by atoms with van der Waals surface area (Å²) in [5.41, 5.74) is 5.52. The molecule has 64 valence electrons. The Hall–Kier alpha value is -1.04. The monoisotopic (exact) mass is 160 g/mol. The smallest absolute Gasteiger partial charge is 0.0199 e. The normalized spacial score (nSPS) is 9.67. The molecule has 0 aliphatic heterocycles. The molecule has 1 aromatic carbocycles. The van der Waals surface area contributed by atoms with E-state index in [0.29, 0.717) is 0 Å². The first-order valence-electron chi connectivity index (χ1n) is 4.33. The molecule has 0 radical (unpaired) electrons. The molecule has 0 unspecified atom stereocenters. The summed E-state index contributed by atoms with van der Waals surface area (Å²) in [7, 11) is 0. The van der Waals surface area contributed by atoms with E-state index >= 15 is 0 Å². The van der Waals surface area contributed by atoms with E-state index < -0.39 is 0 Å². The Bertz CT molecular complexity index is 302. The largest absolute Gasteiger partial charge is 0.0729 e. The highest BCUT2D eigenvalue weighted by Gasteiger charge is 1.99. The van der Waals surface area contributed by atoms with Crippen LogP contribution in [0, 0.1) is 6.92 Å². The molecule has 0 fully saturated rings. The zero-order chi connectivity index (χ0) is 9.14. The maximum atomic E-state index is 2.18. The van der Waals surface area contributed by atoms with Gasteiger partial charge in [-0.1, -0.05) is 29.8 Å². The van der Waals surface area contributed by atoms with Crippen LogP contribution in [0.15, 0.2) is 29.8 Å². The van der Waals surface area contributed by atoms with Gasteiger partial charge in [0.1, 0.15) is 0 Å². The van der Waals surface area contributed by atoms with Crippen LogP contribution in [-0.2, 0) is 0 Å². The molecule has 0 aliphatic rings. The van der Waals surface area contributed by atoms with Crippen molar-refractivity contribution < 1.29 is 0 Å². The summed E-state index contributed by atoms with van der Waals surface area (Å²) in [6.45, 7) is 8.64. The van der Waals surface area contributed by atoms with Crippen molar-refractivity contribution in [2.24, 2.45) is 0 Å². The molecule has 0 N–H and O–H groups in total. The van der Waals surface area contributed by atoms with Crippen LogP contribution in [0.2, 0.25) is 0 Å². The number of hydrogen-bond acceptors (Lipinski definition) is 0. The van der Waals surface area contributed by atoms with Gasteiger partial charge in [0.2, 0.25) is 0 Å². The number of allylic oxidation sites excluding steroid dienone is 2. The van der Waals surface area contributed by atoms with Crippen molar-refractivity contribution >= 4 is 5.57 Å². The first-order valence-corrected chi connectivity index (χ1v) is 4.33. The third-order valence-electron chi connectivity index (χ3n) is 2.30. The van der Waals surface area contributed by atoms with Gasteiger partial charge in [-0.15, -0.1) is 0 Å². The quantitative estimate of drug-likeness (QED) is 0.586. The molecule has 1 rings (SSSR count). The summed E-state index contributed by atoms with van der Waals surface area (Å²) in [5.74, 6) is 0. The third kappa shape index (κ3) is 1.76. The van der Waals surface area contributed by atoms with Gasteiger partial charge in [-0.25, -0.2) is 0 Å².